The zero-order valence-electron chi connectivity index (χ0n) is 42.6. The number of carbonyl (C=O) groups excluding carboxylic acids is 3. The van der Waals surface area contributed by atoms with Gasteiger partial charge < -0.3 is 14.2 Å². The summed E-state index contributed by atoms with van der Waals surface area (Å²) in [7, 11) is 0. The lowest BCUT2D eigenvalue weighted by Crippen LogP contribution is -2.30. The zero-order chi connectivity index (χ0) is 46.5. The van der Waals surface area contributed by atoms with E-state index in [1.165, 1.54) is 148 Å². The molecule has 0 aliphatic heterocycles. The Morgan fingerprint density at radius 3 is 1.05 bits per heavy atom. The van der Waals surface area contributed by atoms with E-state index >= 15 is 0 Å². The second-order valence-corrected chi connectivity index (χ2v) is 18.5. The first kappa shape index (κ1) is 61.4. The molecule has 372 valence electrons. The Hall–Kier alpha value is -2.63. The Kier molecular flexibility index (Phi) is 50.8. The van der Waals surface area contributed by atoms with Crippen LogP contribution in [0.1, 0.15) is 284 Å². The Morgan fingerprint density at radius 2 is 0.641 bits per heavy atom. The maximum absolute atomic E-state index is 12.8. The summed E-state index contributed by atoms with van der Waals surface area (Å²) in [6.07, 6.45) is 64.1. The van der Waals surface area contributed by atoms with Crippen LogP contribution in [-0.4, -0.2) is 37.2 Å². The first-order valence-electron chi connectivity index (χ1n) is 27.6. The van der Waals surface area contributed by atoms with Gasteiger partial charge in [0, 0.05) is 19.3 Å². The van der Waals surface area contributed by atoms with Crippen LogP contribution in [0.3, 0.4) is 0 Å². The summed E-state index contributed by atoms with van der Waals surface area (Å²) in [5, 5.41) is 0. The van der Waals surface area contributed by atoms with Crippen molar-refractivity contribution >= 4 is 17.9 Å². The van der Waals surface area contributed by atoms with Crippen LogP contribution in [0.25, 0.3) is 0 Å². The SMILES string of the molecule is CC/C=C\C/C=C\C/C=C\CCCCCC(=O)OC(COC(=O)CCCCCCC/C=C\CCC)COC(=O)CCCCCCCCCCCCCCCCCCCCCCCCC. The number of hydrogen-bond donors (Lipinski definition) is 0. The van der Waals surface area contributed by atoms with Crippen molar-refractivity contribution in [3.63, 3.8) is 0 Å². The highest BCUT2D eigenvalue weighted by atomic mass is 16.6. The fourth-order valence-electron chi connectivity index (χ4n) is 7.93. The van der Waals surface area contributed by atoms with Gasteiger partial charge in [-0.15, -0.1) is 0 Å². The molecule has 0 fully saturated rings. The van der Waals surface area contributed by atoms with Gasteiger partial charge >= 0.3 is 17.9 Å². The number of esters is 3. The van der Waals surface area contributed by atoms with E-state index in [0.29, 0.717) is 19.3 Å². The van der Waals surface area contributed by atoms with Gasteiger partial charge in [-0.25, -0.2) is 0 Å². The third kappa shape index (κ3) is 50.4. The molecule has 0 radical (unpaired) electrons. The molecule has 1 unspecified atom stereocenters. The number of ether oxygens (including phenoxy) is 3. The van der Waals surface area contributed by atoms with Crippen molar-refractivity contribution in [2.75, 3.05) is 13.2 Å². The lowest BCUT2D eigenvalue weighted by Gasteiger charge is -2.18. The summed E-state index contributed by atoms with van der Waals surface area (Å²) < 4.78 is 16.8. The van der Waals surface area contributed by atoms with Crippen molar-refractivity contribution in [2.24, 2.45) is 0 Å². The summed E-state index contributed by atoms with van der Waals surface area (Å²) in [6, 6.07) is 0. The highest BCUT2D eigenvalue weighted by Crippen LogP contribution is 2.17. The molecule has 6 nitrogen and oxygen atoms in total. The lowest BCUT2D eigenvalue weighted by atomic mass is 10.0. The Bertz CT molecular complexity index is 1120. The quantitative estimate of drug-likeness (QED) is 0.0262. The lowest BCUT2D eigenvalue weighted by molar-refractivity contribution is -0.167. The highest BCUT2D eigenvalue weighted by Gasteiger charge is 2.19. The fraction of sp³-hybridized carbons (Fsp3) is 0.810. The maximum Gasteiger partial charge on any atom is 0.306 e. The van der Waals surface area contributed by atoms with Gasteiger partial charge in [0.2, 0.25) is 0 Å². The fourth-order valence-corrected chi connectivity index (χ4v) is 7.93. The first-order valence-corrected chi connectivity index (χ1v) is 27.6. The number of rotatable bonds is 50. The minimum absolute atomic E-state index is 0.0853. The van der Waals surface area contributed by atoms with E-state index in [0.717, 1.165) is 96.3 Å². The van der Waals surface area contributed by atoms with E-state index in [-0.39, 0.29) is 31.1 Å². The predicted molar refractivity (Wildman–Crippen MR) is 275 cm³/mol. The van der Waals surface area contributed by atoms with Gasteiger partial charge in [0.05, 0.1) is 0 Å². The Morgan fingerprint density at radius 1 is 0.328 bits per heavy atom. The third-order valence-electron chi connectivity index (χ3n) is 12.0. The minimum atomic E-state index is -0.788. The molecule has 0 aromatic heterocycles. The molecule has 0 aliphatic rings. The number of hydrogen-bond acceptors (Lipinski definition) is 6. The predicted octanol–water partition coefficient (Wildman–Crippen LogP) is 18.3. The van der Waals surface area contributed by atoms with Crippen molar-refractivity contribution in [1.29, 1.82) is 0 Å². The molecule has 0 aliphatic carbocycles. The molecule has 64 heavy (non-hydrogen) atoms. The monoisotopic (exact) mass is 897 g/mol. The molecule has 0 aromatic rings. The Balaban J connectivity index is 4.21. The largest absolute Gasteiger partial charge is 0.462 e. The van der Waals surface area contributed by atoms with Crippen LogP contribution < -0.4 is 0 Å². The van der Waals surface area contributed by atoms with Gasteiger partial charge in [0.25, 0.3) is 0 Å². The van der Waals surface area contributed by atoms with Crippen LogP contribution in [0, 0.1) is 0 Å². The van der Waals surface area contributed by atoms with E-state index < -0.39 is 6.10 Å². The average Bonchev–Trinajstić information content (AvgIpc) is 3.29. The van der Waals surface area contributed by atoms with Crippen molar-refractivity contribution < 1.29 is 28.6 Å². The van der Waals surface area contributed by atoms with Crippen LogP contribution in [-0.2, 0) is 28.6 Å². The van der Waals surface area contributed by atoms with E-state index in [1.54, 1.807) is 0 Å². The first-order chi connectivity index (χ1) is 31.5. The smallest absolute Gasteiger partial charge is 0.306 e. The molecular formula is C58H104O6. The van der Waals surface area contributed by atoms with Gasteiger partial charge in [-0.05, 0) is 70.6 Å². The van der Waals surface area contributed by atoms with Gasteiger partial charge in [-0.2, -0.15) is 0 Å². The molecule has 6 heteroatoms. The van der Waals surface area contributed by atoms with Crippen LogP contribution >= 0.6 is 0 Å². The van der Waals surface area contributed by atoms with E-state index in [9.17, 15) is 14.4 Å². The van der Waals surface area contributed by atoms with Crippen LogP contribution in [0.2, 0.25) is 0 Å². The number of carbonyl (C=O) groups is 3. The van der Waals surface area contributed by atoms with Gasteiger partial charge in [-0.3, -0.25) is 14.4 Å². The number of unbranched alkanes of at least 4 members (excludes halogenated alkanes) is 31. The van der Waals surface area contributed by atoms with E-state index in [2.05, 4.69) is 69.4 Å². The van der Waals surface area contributed by atoms with Gasteiger partial charge in [0.1, 0.15) is 13.2 Å². The summed E-state index contributed by atoms with van der Waals surface area (Å²) >= 11 is 0. The highest BCUT2D eigenvalue weighted by molar-refractivity contribution is 5.71. The average molecular weight is 897 g/mol. The van der Waals surface area contributed by atoms with Crippen molar-refractivity contribution in [2.45, 2.75) is 290 Å². The second-order valence-electron chi connectivity index (χ2n) is 18.5. The van der Waals surface area contributed by atoms with Crippen LogP contribution in [0.15, 0.2) is 48.6 Å². The molecule has 1 atom stereocenters. The molecule has 0 aromatic carbocycles. The molecule has 0 saturated heterocycles. The second kappa shape index (κ2) is 53.0. The van der Waals surface area contributed by atoms with E-state index in [4.69, 9.17) is 14.2 Å². The maximum atomic E-state index is 12.8. The zero-order valence-corrected chi connectivity index (χ0v) is 42.6. The third-order valence-corrected chi connectivity index (χ3v) is 12.0. The van der Waals surface area contributed by atoms with E-state index in [1.807, 2.05) is 0 Å². The molecule has 0 amide bonds. The van der Waals surface area contributed by atoms with Crippen LogP contribution in [0.4, 0.5) is 0 Å². The molecule has 0 rings (SSSR count). The molecular weight excluding hydrogens is 793 g/mol. The molecule has 0 heterocycles. The molecule has 0 spiro atoms. The van der Waals surface area contributed by atoms with Gasteiger partial charge in [0.15, 0.2) is 6.10 Å². The topological polar surface area (TPSA) is 78.9 Å². The minimum Gasteiger partial charge on any atom is -0.462 e. The van der Waals surface area contributed by atoms with Crippen molar-refractivity contribution in [3.8, 4) is 0 Å². The summed E-state index contributed by atoms with van der Waals surface area (Å²) in [6.45, 7) is 6.46. The molecule has 0 N–H and O–H groups in total. The summed E-state index contributed by atoms with van der Waals surface area (Å²) in [5.41, 5.74) is 0. The molecule has 0 saturated carbocycles. The molecule has 0 bridgehead atoms. The summed E-state index contributed by atoms with van der Waals surface area (Å²) in [4.78, 5) is 37.9. The number of allylic oxidation sites excluding steroid dienone is 8. The van der Waals surface area contributed by atoms with Crippen LogP contribution in [0.5, 0.6) is 0 Å². The van der Waals surface area contributed by atoms with Crippen molar-refractivity contribution in [3.05, 3.63) is 48.6 Å². The normalized spacial score (nSPS) is 12.4. The van der Waals surface area contributed by atoms with Crippen molar-refractivity contribution in [1.82, 2.24) is 0 Å². The Labute approximate surface area is 397 Å². The van der Waals surface area contributed by atoms with Gasteiger partial charge in [-0.1, -0.05) is 243 Å². The standard InChI is InChI=1S/C58H104O6/c1-4-7-10-13-16-19-22-24-25-26-27-28-29-30-31-32-33-35-36-39-42-45-48-51-57(60)63-54-55(53-62-56(59)50-47-44-41-38-21-18-15-12-9-6-3)64-58(61)52-49-46-43-40-37-34-23-20-17-14-11-8-5-2/h8,11-12,15,17,20,34,37,55H,4-7,9-10,13-14,16,18-19,21-33,35-36,38-54H2,1-3H3/b11-8-,15-12-,20-17-,37-34-. The summed E-state index contributed by atoms with van der Waals surface area (Å²) in [5.74, 6) is -0.917.